The van der Waals surface area contributed by atoms with E-state index in [2.05, 4.69) is 0 Å². The maximum Gasteiger partial charge on any atom is 1.00 e. The number of aliphatic hydroxyl groups is 1. The van der Waals surface area contributed by atoms with E-state index in [-0.39, 0.29) is 168 Å². The summed E-state index contributed by atoms with van der Waals surface area (Å²) in [6.07, 6.45) is -2.72. The van der Waals surface area contributed by atoms with Crippen LogP contribution in [0.1, 0.15) is 12.8 Å². The number of carboxylic acid groups (broad SMARTS) is 3. The Morgan fingerprint density at radius 2 is 0.774 bits per heavy atom. The van der Waals surface area contributed by atoms with Crippen molar-refractivity contribution >= 4 is 25.7 Å². The van der Waals surface area contributed by atoms with E-state index >= 15 is 0 Å². The van der Waals surface area contributed by atoms with Gasteiger partial charge >= 0.3 is 118 Å². The van der Waals surface area contributed by atoms with Crippen molar-refractivity contribution in [2.45, 2.75) is 18.4 Å². The van der Waals surface area contributed by atoms with E-state index in [0.717, 1.165) is 0 Å². The van der Waals surface area contributed by atoms with Crippen molar-refractivity contribution in [3.8, 4) is 0 Å². The Hall–Kier alpha value is 2.12. The van der Waals surface area contributed by atoms with E-state index in [1.54, 1.807) is 0 Å². The van der Waals surface area contributed by atoms with E-state index < -0.39 is 44.2 Å². The molecule has 0 amide bonds. The van der Waals surface area contributed by atoms with Crippen LogP contribution in [0.25, 0.3) is 0 Å². The molecule has 20 nitrogen and oxygen atoms in total. The first-order valence-corrected chi connectivity index (χ1v) is 5.41. The fourth-order valence-corrected chi connectivity index (χ4v) is 0.684. The second-order valence-corrected chi connectivity index (χ2v) is 3.89. The molecule has 25 heteroatoms. The summed E-state index contributed by atoms with van der Waals surface area (Å²) < 4.78 is 8.77. The molecule has 0 bridgehead atoms. The van der Waals surface area contributed by atoms with Crippen molar-refractivity contribution in [2.24, 2.45) is 0 Å². The van der Waals surface area contributed by atoms with Gasteiger partial charge < -0.3 is 98.8 Å². The first-order valence-electron chi connectivity index (χ1n) is 3.88. The molecule has 0 aliphatic rings. The Balaban J connectivity index is -0.0000000101. The zero-order valence-corrected chi connectivity index (χ0v) is 25.9. The molecule has 0 unspecified atom stereocenters. The van der Waals surface area contributed by atoms with E-state index in [1.807, 2.05) is 0 Å². The Labute approximate surface area is 262 Å². The summed E-state index contributed by atoms with van der Waals surface area (Å²) in [4.78, 5) is 52.9. The van der Waals surface area contributed by atoms with Gasteiger partial charge in [-0.15, -0.1) is 0 Å². The molecule has 178 valence electrons. The minimum absolute atomic E-state index is 0. The number of hydrogen-bond acceptors (Lipinski definition) is 9. The third kappa shape index (κ3) is 88.8. The minimum atomic E-state index is -4.89. The SMILES string of the molecule is O.O.O.O.O.O.O.O.O.O=C([O-])CC(O)(CC(=O)[O-])C(=O)[O-].O=P([O-])(O)O.[Na+].[Na+].[Na+].[Na+]. The molecule has 0 saturated carbocycles. The molecule has 0 spiro atoms. The smallest absolute Gasteiger partial charge is 0.756 e. The molecule has 0 atom stereocenters. The van der Waals surface area contributed by atoms with Gasteiger partial charge in [-0.3, -0.25) is 4.57 Å². The summed E-state index contributed by atoms with van der Waals surface area (Å²) in [6, 6.07) is 0. The third-order valence-electron chi connectivity index (χ3n) is 1.25. The fourth-order valence-electron chi connectivity index (χ4n) is 0.684. The molecule has 0 heterocycles. The van der Waals surface area contributed by atoms with E-state index in [4.69, 9.17) is 24.4 Å². The molecule has 0 aromatic carbocycles. The molecule has 0 aromatic rings. The normalized spacial score (nSPS) is 6.45. The summed E-state index contributed by atoms with van der Waals surface area (Å²) in [6.45, 7) is 0. The van der Waals surface area contributed by atoms with Gasteiger partial charge in [0.15, 0.2) is 0 Å². The average Bonchev–Trinajstić information content (AvgIpc) is 1.95. The number of aliphatic carboxylic acids is 3. The van der Waals surface area contributed by atoms with Gasteiger partial charge in [0.1, 0.15) is 5.60 Å². The minimum Gasteiger partial charge on any atom is -0.756 e. The number of hydrogen-bond donors (Lipinski definition) is 3. The van der Waals surface area contributed by atoms with Crippen LogP contribution in [0.15, 0.2) is 0 Å². The standard InChI is InChI=1S/C6H8O7.4Na.H3O4P.9H2O/c7-3(8)1-6(13,5(11)12)2-4(9)10;;;;;1-5(2,3)4;;;;;;;;;/h13H,1-2H2,(H,7,8)(H,9,10)(H,11,12);;;;;(H3,1,2,3,4);9*1H2/q;4*+1;;;;;;;;;;/p-4. The summed E-state index contributed by atoms with van der Waals surface area (Å²) in [7, 11) is -4.89. The van der Waals surface area contributed by atoms with E-state index in [9.17, 15) is 29.7 Å². The Morgan fingerprint density at radius 1 is 0.645 bits per heavy atom. The Bertz CT molecular complexity index is 366. The van der Waals surface area contributed by atoms with Gasteiger partial charge in [0.25, 0.3) is 7.82 Å². The molecule has 21 N–H and O–H groups in total. The largest absolute Gasteiger partial charge is 1.00 e. The maximum atomic E-state index is 10.1. The van der Waals surface area contributed by atoms with E-state index in [0.29, 0.717) is 0 Å². The first kappa shape index (κ1) is 104. The molecule has 31 heavy (non-hydrogen) atoms. The molecule has 0 aromatic heterocycles. The van der Waals surface area contributed by atoms with Crippen molar-refractivity contribution in [1.82, 2.24) is 0 Å². The zero-order chi connectivity index (χ0) is 15.1. The molecule has 0 radical (unpaired) electrons. The summed E-state index contributed by atoms with van der Waals surface area (Å²) in [5.74, 6) is -5.98. The van der Waals surface area contributed by atoms with Gasteiger partial charge in [0.05, 0.1) is 5.97 Å². The molecule has 0 rings (SSSR count). The van der Waals surface area contributed by atoms with Crippen LogP contribution in [-0.2, 0) is 18.9 Å². The third-order valence-corrected chi connectivity index (χ3v) is 1.25. The topological polar surface area (TPSA) is 505 Å². The number of carbonyl (C=O) groups is 3. The van der Waals surface area contributed by atoms with Crippen LogP contribution in [0.5, 0.6) is 0 Å². The van der Waals surface area contributed by atoms with Crippen molar-refractivity contribution in [1.29, 1.82) is 0 Å². The number of phosphoric acid groups is 1. The van der Waals surface area contributed by atoms with Crippen LogP contribution in [0.2, 0.25) is 0 Å². The van der Waals surface area contributed by atoms with Crippen LogP contribution in [0, 0.1) is 0 Å². The maximum absolute atomic E-state index is 10.1. The molecule has 0 saturated heterocycles. The number of carboxylic acids is 3. The van der Waals surface area contributed by atoms with Gasteiger partial charge in [0.2, 0.25) is 0 Å². The summed E-state index contributed by atoms with van der Waals surface area (Å²) in [5, 5.41) is 38.9. The average molecular weight is 540 g/mol. The molecular weight excluding hydrogens is 515 g/mol. The van der Waals surface area contributed by atoms with Gasteiger partial charge in [0, 0.05) is 24.8 Å². The molecule has 0 fully saturated rings. The summed E-state index contributed by atoms with van der Waals surface area (Å²) >= 11 is 0. The van der Waals surface area contributed by atoms with Crippen molar-refractivity contribution in [3.05, 3.63) is 0 Å². The second kappa shape index (κ2) is 49.3. The second-order valence-electron chi connectivity index (χ2n) is 2.91. The van der Waals surface area contributed by atoms with E-state index in [1.165, 1.54) is 0 Å². The number of carbonyl (C=O) groups excluding carboxylic acids is 3. The van der Waals surface area contributed by atoms with Crippen LogP contribution in [-0.4, -0.2) is 87.7 Å². The van der Waals surface area contributed by atoms with Crippen LogP contribution in [0.4, 0.5) is 0 Å². The predicted octanol–water partition coefficient (Wildman–Crippen LogP) is -26.2. The first-order chi connectivity index (χ1) is 7.78. The van der Waals surface area contributed by atoms with Crippen molar-refractivity contribution in [2.75, 3.05) is 0 Å². The van der Waals surface area contributed by atoms with Gasteiger partial charge in [-0.25, -0.2) is 0 Å². The quantitative estimate of drug-likeness (QED) is 0.217. The van der Waals surface area contributed by atoms with Crippen molar-refractivity contribution in [3.63, 3.8) is 0 Å². The van der Waals surface area contributed by atoms with Crippen LogP contribution < -0.4 is 138 Å². The molecular formula is C6H25Na4O20P. The van der Waals surface area contributed by atoms with Gasteiger partial charge in [-0.2, -0.15) is 0 Å². The van der Waals surface area contributed by atoms with Gasteiger partial charge in [-0.1, -0.05) is 0 Å². The van der Waals surface area contributed by atoms with Crippen LogP contribution >= 0.6 is 7.82 Å². The van der Waals surface area contributed by atoms with Crippen LogP contribution in [0.3, 0.4) is 0 Å². The number of rotatable bonds is 5. The monoisotopic (exact) mass is 540 g/mol. The predicted molar refractivity (Wildman–Crippen MR) is 73.8 cm³/mol. The fraction of sp³-hybridized carbons (Fsp3) is 0.500. The zero-order valence-electron chi connectivity index (χ0n) is 17.0. The molecule has 0 aliphatic carbocycles. The Morgan fingerprint density at radius 3 is 0.839 bits per heavy atom. The summed E-state index contributed by atoms with van der Waals surface area (Å²) in [5.41, 5.74) is -2.97. The van der Waals surface area contributed by atoms with Gasteiger partial charge in [-0.05, 0) is 0 Å². The Kier molecular flexibility index (Phi) is 165. The van der Waals surface area contributed by atoms with Crippen molar-refractivity contribution < 1.29 is 222 Å². The molecule has 0 aliphatic heterocycles.